The zero-order chi connectivity index (χ0) is 14.7. The molecule has 0 aliphatic rings. The topological polar surface area (TPSA) is 47.3 Å². The number of rotatable bonds is 5. The van der Waals surface area contributed by atoms with Gasteiger partial charge >= 0.3 is 0 Å². The molecule has 1 heterocycles. The van der Waals surface area contributed by atoms with Gasteiger partial charge in [-0.25, -0.2) is 0 Å². The van der Waals surface area contributed by atoms with Gasteiger partial charge in [0, 0.05) is 16.9 Å². The SMILES string of the molecule is O[C@@H](COc1ccc2cc(Br)ccc2c1)Cn1cccn1. The molecule has 0 radical (unpaired) electrons. The summed E-state index contributed by atoms with van der Waals surface area (Å²) >= 11 is 3.46. The molecular formula is C16H15BrN2O2. The van der Waals surface area contributed by atoms with Crippen molar-refractivity contribution in [2.75, 3.05) is 6.61 Å². The lowest BCUT2D eigenvalue weighted by Crippen LogP contribution is -2.23. The summed E-state index contributed by atoms with van der Waals surface area (Å²) in [5.41, 5.74) is 0. The third kappa shape index (κ3) is 3.62. The number of aliphatic hydroxyl groups is 1. The highest BCUT2D eigenvalue weighted by Crippen LogP contribution is 2.24. The number of benzene rings is 2. The molecule has 4 nitrogen and oxygen atoms in total. The highest BCUT2D eigenvalue weighted by molar-refractivity contribution is 9.10. The van der Waals surface area contributed by atoms with Crippen LogP contribution in [0.2, 0.25) is 0 Å². The van der Waals surface area contributed by atoms with Gasteiger partial charge in [-0.1, -0.05) is 28.1 Å². The van der Waals surface area contributed by atoms with Crippen LogP contribution in [0, 0.1) is 0 Å². The van der Waals surface area contributed by atoms with Crippen LogP contribution in [-0.4, -0.2) is 27.6 Å². The lowest BCUT2D eigenvalue weighted by molar-refractivity contribution is 0.0894. The maximum Gasteiger partial charge on any atom is 0.120 e. The molecule has 108 valence electrons. The molecule has 0 spiro atoms. The van der Waals surface area contributed by atoms with Crippen molar-refractivity contribution in [2.45, 2.75) is 12.6 Å². The molecule has 0 fully saturated rings. The Morgan fingerprint density at radius 2 is 2.00 bits per heavy atom. The van der Waals surface area contributed by atoms with Crippen LogP contribution < -0.4 is 4.74 Å². The van der Waals surface area contributed by atoms with Crippen molar-refractivity contribution >= 4 is 26.7 Å². The Labute approximate surface area is 131 Å². The number of halogens is 1. The molecule has 0 saturated carbocycles. The average molecular weight is 347 g/mol. The molecule has 1 N–H and O–H groups in total. The van der Waals surface area contributed by atoms with Gasteiger partial charge in [0.1, 0.15) is 18.5 Å². The highest BCUT2D eigenvalue weighted by Gasteiger charge is 2.07. The first-order valence-corrected chi connectivity index (χ1v) is 7.47. The summed E-state index contributed by atoms with van der Waals surface area (Å²) in [5.74, 6) is 0.754. The molecule has 0 bridgehead atoms. The van der Waals surface area contributed by atoms with E-state index >= 15 is 0 Å². The van der Waals surface area contributed by atoms with Crippen molar-refractivity contribution in [1.82, 2.24) is 9.78 Å². The first-order chi connectivity index (χ1) is 10.2. The van der Waals surface area contributed by atoms with Gasteiger partial charge in [0.2, 0.25) is 0 Å². The fourth-order valence-electron chi connectivity index (χ4n) is 2.15. The molecule has 0 aliphatic carbocycles. The van der Waals surface area contributed by atoms with Crippen LogP contribution in [0.3, 0.4) is 0 Å². The molecule has 0 aliphatic heterocycles. The van der Waals surface area contributed by atoms with Crippen molar-refractivity contribution < 1.29 is 9.84 Å². The van der Waals surface area contributed by atoms with E-state index in [-0.39, 0.29) is 6.61 Å². The Morgan fingerprint density at radius 3 is 2.81 bits per heavy atom. The number of aromatic nitrogens is 2. The third-order valence-corrected chi connectivity index (χ3v) is 3.67. The van der Waals surface area contributed by atoms with Crippen LogP contribution in [-0.2, 0) is 6.54 Å². The Hall–Kier alpha value is -1.85. The minimum Gasteiger partial charge on any atom is -0.491 e. The van der Waals surface area contributed by atoms with Crippen LogP contribution in [0.5, 0.6) is 5.75 Å². The first-order valence-electron chi connectivity index (χ1n) is 6.68. The van der Waals surface area contributed by atoms with Gasteiger partial charge in [-0.2, -0.15) is 5.10 Å². The smallest absolute Gasteiger partial charge is 0.120 e. The molecule has 0 unspecified atom stereocenters. The molecule has 3 aromatic rings. The predicted octanol–water partition coefficient (Wildman–Crippen LogP) is 3.24. The van der Waals surface area contributed by atoms with Gasteiger partial charge in [0.15, 0.2) is 0 Å². The van der Waals surface area contributed by atoms with Crippen LogP contribution in [0.25, 0.3) is 10.8 Å². The van der Waals surface area contributed by atoms with Gasteiger partial charge in [-0.15, -0.1) is 0 Å². The van der Waals surface area contributed by atoms with Crippen LogP contribution >= 0.6 is 15.9 Å². The van der Waals surface area contributed by atoms with Crippen molar-refractivity contribution in [3.05, 3.63) is 59.3 Å². The van der Waals surface area contributed by atoms with E-state index in [9.17, 15) is 5.11 Å². The van der Waals surface area contributed by atoms with E-state index in [2.05, 4.69) is 27.1 Å². The van der Waals surface area contributed by atoms with Crippen molar-refractivity contribution in [2.24, 2.45) is 0 Å². The summed E-state index contributed by atoms with van der Waals surface area (Å²) in [7, 11) is 0. The number of fused-ring (bicyclic) bond motifs is 1. The zero-order valence-electron chi connectivity index (χ0n) is 11.3. The number of hydrogen-bond acceptors (Lipinski definition) is 3. The molecule has 3 rings (SSSR count). The van der Waals surface area contributed by atoms with E-state index in [4.69, 9.17) is 4.74 Å². The lowest BCUT2D eigenvalue weighted by atomic mass is 10.1. The molecular weight excluding hydrogens is 332 g/mol. The van der Waals surface area contributed by atoms with Crippen LogP contribution in [0.1, 0.15) is 0 Å². The standard InChI is InChI=1S/C16H15BrN2O2/c17-14-4-2-13-9-16(5-3-12(13)8-14)21-11-15(20)10-19-7-1-6-18-19/h1-9,15,20H,10-11H2/t15-/m1/s1. The maximum absolute atomic E-state index is 9.94. The van der Waals surface area contributed by atoms with E-state index in [1.165, 1.54) is 0 Å². The molecule has 1 atom stereocenters. The van der Waals surface area contributed by atoms with Gasteiger partial charge in [0.05, 0.1) is 6.54 Å². The highest BCUT2D eigenvalue weighted by atomic mass is 79.9. The monoisotopic (exact) mass is 346 g/mol. The second kappa shape index (κ2) is 6.28. The molecule has 0 saturated heterocycles. The minimum absolute atomic E-state index is 0.238. The Kier molecular flexibility index (Phi) is 4.22. The van der Waals surface area contributed by atoms with Gasteiger partial charge in [0.25, 0.3) is 0 Å². The predicted molar refractivity (Wildman–Crippen MR) is 85.4 cm³/mol. The molecule has 0 amide bonds. The van der Waals surface area contributed by atoms with Gasteiger partial charge in [-0.05, 0) is 41.1 Å². The van der Waals surface area contributed by atoms with Gasteiger partial charge < -0.3 is 9.84 Å². The third-order valence-electron chi connectivity index (χ3n) is 3.17. The van der Waals surface area contributed by atoms with Crippen molar-refractivity contribution in [1.29, 1.82) is 0 Å². The van der Waals surface area contributed by atoms with E-state index in [1.54, 1.807) is 10.9 Å². The van der Waals surface area contributed by atoms with Crippen LogP contribution in [0.15, 0.2) is 59.3 Å². The summed E-state index contributed by atoms with van der Waals surface area (Å²) < 4.78 is 8.39. The second-order valence-electron chi connectivity index (χ2n) is 4.85. The van der Waals surface area contributed by atoms with E-state index in [1.807, 2.05) is 42.6 Å². The molecule has 5 heteroatoms. The van der Waals surface area contributed by atoms with Crippen molar-refractivity contribution in [3.63, 3.8) is 0 Å². The van der Waals surface area contributed by atoms with Crippen LogP contribution in [0.4, 0.5) is 0 Å². The Bertz CT molecular complexity index is 728. The minimum atomic E-state index is -0.592. The maximum atomic E-state index is 9.94. The summed E-state index contributed by atoms with van der Waals surface area (Å²) in [6, 6.07) is 13.8. The quantitative estimate of drug-likeness (QED) is 0.771. The summed E-state index contributed by atoms with van der Waals surface area (Å²) in [5, 5.41) is 16.3. The summed E-state index contributed by atoms with van der Waals surface area (Å²) in [6.45, 7) is 0.662. The number of hydrogen-bond donors (Lipinski definition) is 1. The molecule has 21 heavy (non-hydrogen) atoms. The normalized spacial score (nSPS) is 12.5. The average Bonchev–Trinajstić information content (AvgIpc) is 2.98. The fourth-order valence-corrected chi connectivity index (χ4v) is 2.53. The molecule has 2 aromatic carbocycles. The fraction of sp³-hybridized carbons (Fsp3) is 0.188. The lowest BCUT2D eigenvalue weighted by Gasteiger charge is -2.13. The zero-order valence-corrected chi connectivity index (χ0v) is 12.9. The van der Waals surface area contributed by atoms with Crippen molar-refractivity contribution in [3.8, 4) is 5.75 Å². The largest absolute Gasteiger partial charge is 0.491 e. The number of nitrogens with zero attached hydrogens (tertiary/aromatic N) is 2. The van der Waals surface area contributed by atoms with E-state index in [0.717, 1.165) is 21.0 Å². The van der Waals surface area contributed by atoms with E-state index < -0.39 is 6.10 Å². The van der Waals surface area contributed by atoms with E-state index in [0.29, 0.717) is 6.54 Å². The number of ether oxygens (including phenoxy) is 1. The summed E-state index contributed by atoms with van der Waals surface area (Å²) in [4.78, 5) is 0. The Balaban J connectivity index is 1.63. The Morgan fingerprint density at radius 1 is 1.19 bits per heavy atom. The second-order valence-corrected chi connectivity index (χ2v) is 5.76. The number of aliphatic hydroxyl groups excluding tert-OH is 1. The van der Waals surface area contributed by atoms with Gasteiger partial charge in [-0.3, -0.25) is 4.68 Å². The molecule has 1 aromatic heterocycles. The first kappa shape index (κ1) is 14.1. The summed E-state index contributed by atoms with van der Waals surface area (Å²) in [6.07, 6.45) is 2.91.